The molecule has 2 aliphatic rings. The second-order valence-electron chi connectivity index (χ2n) is 7.40. The summed E-state index contributed by atoms with van der Waals surface area (Å²) in [6, 6.07) is 9.90. The number of hydrogen-bond donors (Lipinski definition) is 0. The van der Waals surface area contributed by atoms with Crippen molar-refractivity contribution >= 4 is 5.91 Å². The fourth-order valence-corrected chi connectivity index (χ4v) is 3.87. The topological polar surface area (TPSA) is 56.6 Å². The van der Waals surface area contributed by atoms with E-state index in [0.29, 0.717) is 19.7 Å². The zero-order valence-corrected chi connectivity index (χ0v) is 15.6. The van der Waals surface area contributed by atoms with Gasteiger partial charge in [-0.3, -0.25) is 9.78 Å². The fourth-order valence-electron chi connectivity index (χ4n) is 3.87. The van der Waals surface area contributed by atoms with Crippen LogP contribution in [0.1, 0.15) is 37.1 Å². The van der Waals surface area contributed by atoms with Crippen LogP contribution < -0.4 is 0 Å². The molecule has 1 saturated carbocycles. The predicted molar refractivity (Wildman–Crippen MR) is 101 cm³/mol. The van der Waals surface area contributed by atoms with Crippen LogP contribution in [0.15, 0.2) is 42.7 Å². The van der Waals surface area contributed by atoms with Crippen molar-refractivity contribution in [3.05, 3.63) is 54.1 Å². The van der Waals surface area contributed by atoms with Gasteiger partial charge in [-0.2, -0.15) is 0 Å². The van der Waals surface area contributed by atoms with Gasteiger partial charge in [-0.1, -0.05) is 18.9 Å². The zero-order valence-electron chi connectivity index (χ0n) is 15.6. The lowest BCUT2D eigenvalue weighted by atomic mass is 10.3. The van der Waals surface area contributed by atoms with Crippen molar-refractivity contribution in [1.82, 2.24) is 14.5 Å². The Bertz CT molecular complexity index is 740. The number of ether oxygens (including phenoxy) is 2. The largest absolute Gasteiger partial charge is 0.368 e. The molecule has 2 aromatic heterocycles. The van der Waals surface area contributed by atoms with Gasteiger partial charge in [-0.25, -0.2) is 0 Å². The van der Waals surface area contributed by atoms with E-state index in [0.717, 1.165) is 30.8 Å². The predicted octanol–water partition coefficient (Wildman–Crippen LogP) is 2.77. The maximum Gasteiger partial charge on any atom is 0.249 e. The van der Waals surface area contributed by atoms with Crippen LogP contribution in [0.3, 0.4) is 0 Å². The Morgan fingerprint density at radius 1 is 1.07 bits per heavy atom. The second-order valence-corrected chi connectivity index (χ2v) is 7.40. The Morgan fingerprint density at radius 2 is 1.96 bits per heavy atom. The Kier molecular flexibility index (Phi) is 5.84. The van der Waals surface area contributed by atoms with Crippen LogP contribution >= 0.6 is 0 Å². The molecule has 4 rings (SSSR count). The highest BCUT2D eigenvalue weighted by Gasteiger charge is 2.26. The fraction of sp³-hybridized carbons (Fsp3) is 0.524. The molecule has 1 atom stereocenters. The monoisotopic (exact) mass is 369 g/mol. The van der Waals surface area contributed by atoms with Gasteiger partial charge in [0.05, 0.1) is 37.6 Å². The van der Waals surface area contributed by atoms with E-state index >= 15 is 0 Å². The van der Waals surface area contributed by atoms with Gasteiger partial charge in [0.25, 0.3) is 0 Å². The molecule has 1 aliphatic heterocycles. The third kappa shape index (κ3) is 4.76. The third-order valence-electron chi connectivity index (χ3n) is 5.39. The molecular weight excluding hydrogens is 342 g/mol. The van der Waals surface area contributed by atoms with Crippen molar-refractivity contribution in [2.45, 2.75) is 57.6 Å². The van der Waals surface area contributed by atoms with E-state index in [-0.39, 0.29) is 24.7 Å². The maximum absolute atomic E-state index is 12.8. The number of aromatic nitrogens is 2. The summed E-state index contributed by atoms with van der Waals surface area (Å²) in [5, 5.41) is 0. The van der Waals surface area contributed by atoms with E-state index in [9.17, 15) is 4.79 Å². The molecule has 0 unspecified atom stereocenters. The molecule has 6 nitrogen and oxygen atoms in total. The normalized spacial score (nSPS) is 20.4. The highest BCUT2D eigenvalue weighted by molar-refractivity contribution is 5.77. The Hall–Kier alpha value is -2.18. The smallest absolute Gasteiger partial charge is 0.249 e. The summed E-state index contributed by atoms with van der Waals surface area (Å²) < 4.78 is 14.1. The molecule has 3 heterocycles. The number of hydrogen-bond acceptors (Lipinski definition) is 4. The van der Waals surface area contributed by atoms with Gasteiger partial charge in [0.15, 0.2) is 0 Å². The number of rotatable bonds is 6. The molecule has 27 heavy (non-hydrogen) atoms. The summed E-state index contributed by atoms with van der Waals surface area (Å²) in [5.74, 6) is 0.0444. The molecule has 0 radical (unpaired) electrons. The second kappa shape index (κ2) is 8.67. The molecule has 0 N–H and O–H groups in total. The summed E-state index contributed by atoms with van der Waals surface area (Å²) in [6.45, 7) is 2.52. The van der Waals surface area contributed by atoms with E-state index in [1.54, 1.807) is 6.20 Å². The van der Waals surface area contributed by atoms with Crippen molar-refractivity contribution in [3.63, 3.8) is 0 Å². The minimum atomic E-state index is -0.0731. The summed E-state index contributed by atoms with van der Waals surface area (Å²) in [4.78, 5) is 19.0. The summed E-state index contributed by atoms with van der Waals surface area (Å²) in [5.41, 5.74) is 2.03. The average molecular weight is 369 g/mol. The maximum atomic E-state index is 12.8. The molecular formula is C21H27N3O3. The molecule has 6 heteroatoms. The van der Waals surface area contributed by atoms with Gasteiger partial charge in [0.2, 0.25) is 5.91 Å². The first-order valence-electron chi connectivity index (χ1n) is 9.83. The number of carbonyl (C=O) groups excluding carboxylic acids is 1. The van der Waals surface area contributed by atoms with Crippen LogP contribution in [0.25, 0.3) is 0 Å². The van der Waals surface area contributed by atoms with Crippen molar-refractivity contribution in [3.8, 4) is 0 Å². The van der Waals surface area contributed by atoms with Crippen molar-refractivity contribution in [2.24, 2.45) is 0 Å². The molecule has 144 valence electrons. The number of pyridine rings is 1. The van der Waals surface area contributed by atoms with E-state index in [2.05, 4.69) is 21.8 Å². The molecule has 0 spiro atoms. The zero-order chi connectivity index (χ0) is 18.5. The minimum Gasteiger partial charge on any atom is -0.368 e. The van der Waals surface area contributed by atoms with E-state index < -0.39 is 0 Å². The number of nitrogens with zero attached hydrogens (tertiary/aromatic N) is 3. The van der Waals surface area contributed by atoms with Gasteiger partial charge in [-0.15, -0.1) is 0 Å². The van der Waals surface area contributed by atoms with Crippen molar-refractivity contribution in [2.75, 3.05) is 13.2 Å². The van der Waals surface area contributed by atoms with Gasteiger partial charge < -0.3 is 18.9 Å². The van der Waals surface area contributed by atoms with Gasteiger partial charge in [0.1, 0.15) is 6.61 Å². The van der Waals surface area contributed by atoms with Crippen LogP contribution in [-0.4, -0.2) is 45.7 Å². The lowest BCUT2D eigenvalue weighted by molar-refractivity contribution is -0.140. The first kappa shape index (κ1) is 18.2. The van der Waals surface area contributed by atoms with E-state index in [4.69, 9.17) is 9.47 Å². The van der Waals surface area contributed by atoms with Crippen LogP contribution in [0.2, 0.25) is 0 Å². The number of amides is 1. The Labute approximate surface area is 160 Å². The summed E-state index contributed by atoms with van der Waals surface area (Å²) in [6.07, 6.45) is 8.57. The molecule has 1 amide bonds. The highest BCUT2D eigenvalue weighted by atomic mass is 16.5. The van der Waals surface area contributed by atoms with Crippen molar-refractivity contribution < 1.29 is 14.3 Å². The quantitative estimate of drug-likeness (QED) is 0.786. The summed E-state index contributed by atoms with van der Waals surface area (Å²) in [7, 11) is 0. The van der Waals surface area contributed by atoms with Crippen LogP contribution in [0, 0.1) is 0 Å². The number of fused-ring (bicyclic) bond motifs is 1. The lowest BCUT2D eigenvalue weighted by Gasteiger charge is -2.25. The highest BCUT2D eigenvalue weighted by Crippen LogP contribution is 2.21. The standard InChI is InChI=1S/C21H27N3O3/c25-21(16-27-19-8-1-2-9-19)24-12-18-7-5-11-23(18)13-20(14-24)26-15-17-6-3-4-10-22-17/h3-7,10-11,19-20H,1-2,8-9,12-16H2/t20-/m0/s1. The van der Waals surface area contributed by atoms with Crippen LogP contribution in [0.5, 0.6) is 0 Å². The molecule has 1 fully saturated rings. The van der Waals surface area contributed by atoms with Crippen LogP contribution in [0.4, 0.5) is 0 Å². The van der Waals surface area contributed by atoms with Gasteiger partial charge >= 0.3 is 0 Å². The Morgan fingerprint density at radius 3 is 2.78 bits per heavy atom. The molecule has 2 aromatic rings. The van der Waals surface area contributed by atoms with Crippen molar-refractivity contribution in [1.29, 1.82) is 0 Å². The number of carbonyl (C=O) groups is 1. The first-order chi connectivity index (χ1) is 13.3. The molecule has 0 bridgehead atoms. The average Bonchev–Trinajstić information content (AvgIpc) is 3.34. The SMILES string of the molecule is O=C(COC1CCCC1)N1Cc2cccn2C[C@H](OCc2ccccn2)C1. The summed E-state index contributed by atoms with van der Waals surface area (Å²) >= 11 is 0. The van der Waals surface area contributed by atoms with E-state index in [1.807, 2.05) is 29.2 Å². The van der Waals surface area contributed by atoms with E-state index in [1.165, 1.54) is 12.8 Å². The molecule has 0 saturated heterocycles. The Balaban J connectivity index is 1.39. The molecule has 1 aliphatic carbocycles. The lowest BCUT2D eigenvalue weighted by Crippen LogP contribution is -2.39. The first-order valence-corrected chi connectivity index (χ1v) is 9.83. The minimum absolute atomic E-state index is 0.0444. The van der Waals surface area contributed by atoms with Gasteiger partial charge in [-0.05, 0) is 37.1 Å². The van der Waals surface area contributed by atoms with Gasteiger partial charge in [0, 0.05) is 24.6 Å². The third-order valence-corrected chi connectivity index (χ3v) is 5.39. The molecule has 0 aromatic carbocycles. The van der Waals surface area contributed by atoms with Crippen LogP contribution in [-0.2, 0) is 34.0 Å².